The molecular formula is C27H27N3O4. The maximum Gasteiger partial charge on any atom is 0.310 e. The molecule has 0 bridgehead atoms. The van der Waals surface area contributed by atoms with Crippen LogP contribution in [0.2, 0.25) is 0 Å². The minimum Gasteiger partial charge on any atom is -0.481 e. The molecule has 0 spiro atoms. The molecule has 34 heavy (non-hydrogen) atoms. The Morgan fingerprint density at radius 1 is 1.15 bits per heavy atom. The van der Waals surface area contributed by atoms with Gasteiger partial charge in [-0.1, -0.05) is 30.4 Å². The van der Waals surface area contributed by atoms with E-state index in [-0.39, 0.29) is 11.6 Å². The first-order chi connectivity index (χ1) is 16.4. The summed E-state index contributed by atoms with van der Waals surface area (Å²) in [4.78, 5) is 42.5. The summed E-state index contributed by atoms with van der Waals surface area (Å²) in [6.45, 7) is 6.04. The number of fused-ring (bicyclic) bond motifs is 5. The van der Waals surface area contributed by atoms with Crippen molar-refractivity contribution < 1.29 is 19.5 Å². The van der Waals surface area contributed by atoms with Gasteiger partial charge in [0.15, 0.2) is 17.5 Å². The molecule has 6 rings (SSSR count). The molecule has 0 amide bonds. The Hall–Kier alpha value is -3.74. The lowest BCUT2D eigenvalue weighted by Crippen LogP contribution is -2.49. The minimum atomic E-state index is -1.02. The summed E-state index contributed by atoms with van der Waals surface area (Å²) in [6, 6.07) is 3.85. The van der Waals surface area contributed by atoms with Crippen LogP contribution in [0.15, 0.2) is 52.6 Å². The number of ketones is 2. The molecule has 2 N–H and O–H groups in total. The Balaban J connectivity index is 0.000000200. The standard InChI is InChI=1S/C20H14O4.C7H13N3/c1-10(20(23)24)14-5-2-11-3-6-16-15-7-4-13(21)8-12(15)9-17(16)18(11)19(14)22;1-3-8-7-9-4-2-6-10(7)5-1/h2-8,10H,9H2,1H3,(H,23,24);1-6H2,(H,8,9). The SMILES string of the molecule is C1CN=C2NCCCN2C1.CC(C(=O)O)C1=CC=c2ccc3c(c2C1=O)CC1=CC(=O)C=CC=31. The average molecular weight is 458 g/mol. The van der Waals surface area contributed by atoms with Gasteiger partial charge in [-0.25, -0.2) is 0 Å². The van der Waals surface area contributed by atoms with Gasteiger partial charge in [0.05, 0.1) is 5.92 Å². The second-order valence-corrected chi connectivity index (χ2v) is 9.06. The topological polar surface area (TPSA) is 99.1 Å². The monoisotopic (exact) mass is 457 g/mol. The molecule has 5 aliphatic rings. The molecule has 2 heterocycles. The first kappa shape index (κ1) is 22.1. The number of benzene rings is 1. The van der Waals surface area contributed by atoms with E-state index in [0.29, 0.717) is 17.6 Å². The highest BCUT2D eigenvalue weighted by atomic mass is 16.4. The number of carbonyl (C=O) groups is 3. The number of carboxylic acids is 1. The van der Waals surface area contributed by atoms with Crippen molar-refractivity contribution in [1.29, 1.82) is 0 Å². The van der Waals surface area contributed by atoms with E-state index in [0.717, 1.165) is 46.2 Å². The Kier molecular flexibility index (Phi) is 5.77. The minimum absolute atomic E-state index is 0.0478. The normalized spacial score (nSPS) is 20.7. The number of rotatable bonds is 2. The van der Waals surface area contributed by atoms with Crippen molar-refractivity contribution in [3.63, 3.8) is 0 Å². The molecule has 1 unspecified atom stereocenters. The highest BCUT2D eigenvalue weighted by Gasteiger charge is 2.30. The Morgan fingerprint density at radius 3 is 2.76 bits per heavy atom. The molecule has 7 heteroatoms. The lowest BCUT2D eigenvalue weighted by Gasteiger charge is -2.33. The van der Waals surface area contributed by atoms with Crippen LogP contribution < -0.4 is 15.8 Å². The highest BCUT2D eigenvalue weighted by Crippen LogP contribution is 2.29. The predicted octanol–water partition coefficient (Wildman–Crippen LogP) is 1.12. The van der Waals surface area contributed by atoms with Gasteiger partial charge >= 0.3 is 5.97 Å². The second kappa shape index (κ2) is 8.89. The average Bonchev–Trinajstić information content (AvgIpc) is 3.21. The number of allylic oxidation sites excluding steroid dienone is 5. The summed E-state index contributed by atoms with van der Waals surface area (Å²) in [6.07, 6.45) is 11.3. The van der Waals surface area contributed by atoms with Crippen molar-refractivity contribution in [2.45, 2.75) is 26.2 Å². The zero-order valence-electron chi connectivity index (χ0n) is 19.1. The van der Waals surface area contributed by atoms with Crippen LogP contribution in [0.25, 0.3) is 11.6 Å². The molecule has 2 aliphatic heterocycles. The van der Waals surface area contributed by atoms with Crippen LogP contribution in [0.4, 0.5) is 0 Å². The highest BCUT2D eigenvalue weighted by molar-refractivity contribution is 6.15. The number of hydrogen-bond acceptors (Lipinski definition) is 6. The van der Waals surface area contributed by atoms with E-state index in [4.69, 9.17) is 0 Å². The van der Waals surface area contributed by atoms with Crippen LogP contribution in [-0.2, 0) is 16.0 Å². The van der Waals surface area contributed by atoms with Crippen LogP contribution in [0.5, 0.6) is 0 Å². The molecule has 7 nitrogen and oxygen atoms in total. The largest absolute Gasteiger partial charge is 0.481 e. The molecule has 3 aliphatic carbocycles. The fraction of sp³-hybridized carbons (Fsp3) is 0.333. The van der Waals surface area contributed by atoms with Crippen LogP contribution in [-0.4, -0.2) is 59.7 Å². The van der Waals surface area contributed by atoms with Crippen molar-refractivity contribution in [3.8, 4) is 0 Å². The van der Waals surface area contributed by atoms with E-state index in [9.17, 15) is 19.5 Å². The number of carbonyl (C=O) groups excluding carboxylic acids is 2. The molecule has 0 saturated carbocycles. The molecule has 1 aromatic rings. The summed E-state index contributed by atoms with van der Waals surface area (Å²) in [5, 5.41) is 14.3. The van der Waals surface area contributed by atoms with Crippen LogP contribution >= 0.6 is 0 Å². The zero-order chi connectivity index (χ0) is 23.8. The Bertz CT molecular complexity index is 1350. The molecular weight excluding hydrogens is 430 g/mol. The van der Waals surface area contributed by atoms with E-state index in [1.165, 1.54) is 38.9 Å². The number of nitrogens with zero attached hydrogens (tertiary/aromatic N) is 2. The molecule has 1 aromatic carbocycles. The van der Waals surface area contributed by atoms with Gasteiger partial charge in [0.25, 0.3) is 0 Å². The molecule has 0 radical (unpaired) electrons. The maximum absolute atomic E-state index is 12.9. The number of hydrogen-bond donors (Lipinski definition) is 2. The first-order valence-electron chi connectivity index (χ1n) is 11.8. The Labute approximate surface area is 197 Å². The van der Waals surface area contributed by atoms with Crippen molar-refractivity contribution in [2.24, 2.45) is 10.9 Å². The van der Waals surface area contributed by atoms with E-state index in [1.807, 2.05) is 12.1 Å². The van der Waals surface area contributed by atoms with Crippen molar-refractivity contribution >= 4 is 35.1 Å². The van der Waals surface area contributed by atoms with Gasteiger partial charge in [-0.05, 0) is 65.5 Å². The number of carboxylic acid groups (broad SMARTS) is 1. The summed E-state index contributed by atoms with van der Waals surface area (Å²) in [5.41, 5.74) is 3.65. The van der Waals surface area contributed by atoms with Gasteiger partial charge in [0.1, 0.15) is 0 Å². The smallest absolute Gasteiger partial charge is 0.310 e. The van der Waals surface area contributed by atoms with Gasteiger partial charge in [-0.2, -0.15) is 0 Å². The molecule has 1 atom stereocenters. The van der Waals surface area contributed by atoms with Crippen LogP contribution in [0.1, 0.15) is 35.7 Å². The van der Waals surface area contributed by atoms with Crippen molar-refractivity contribution in [1.82, 2.24) is 10.2 Å². The third kappa shape index (κ3) is 3.91. The number of aliphatic imine (C=N–C) groups is 1. The Morgan fingerprint density at radius 2 is 1.97 bits per heavy atom. The van der Waals surface area contributed by atoms with Gasteiger partial charge in [-0.3, -0.25) is 19.4 Å². The molecule has 1 saturated heterocycles. The predicted molar refractivity (Wildman–Crippen MR) is 130 cm³/mol. The second-order valence-electron chi connectivity index (χ2n) is 9.06. The van der Waals surface area contributed by atoms with E-state index >= 15 is 0 Å². The summed E-state index contributed by atoms with van der Waals surface area (Å²) >= 11 is 0. The lowest BCUT2D eigenvalue weighted by atomic mass is 9.85. The third-order valence-electron chi connectivity index (χ3n) is 6.88. The summed E-state index contributed by atoms with van der Waals surface area (Å²) in [5.74, 6) is -1.01. The quantitative estimate of drug-likeness (QED) is 0.691. The van der Waals surface area contributed by atoms with E-state index in [2.05, 4.69) is 15.2 Å². The number of guanidine groups is 1. The van der Waals surface area contributed by atoms with E-state index < -0.39 is 11.9 Å². The summed E-state index contributed by atoms with van der Waals surface area (Å²) in [7, 11) is 0. The van der Waals surface area contributed by atoms with Crippen LogP contribution in [0, 0.1) is 5.92 Å². The molecule has 1 fully saturated rings. The maximum atomic E-state index is 12.9. The number of aliphatic carboxylic acids is 1. The van der Waals surface area contributed by atoms with E-state index in [1.54, 1.807) is 24.3 Å². The lowest BCUT2D eigenvalue weighted by molar-refractivity contribution is -0.139. The number of Topliss-reactive ketones (excluding diaryl/α,β-unsaturated/α-hetero) is 1. The van der Waals surface area contributed by atoms with Gasteiger partial charge in [0, 0.05) is 37.3 Å². The van der Waals surface area contributed by atoms with Gasteiger partial charge in [0.2, 0.25) is 0 Å². The number of nitrogens with one attached hydrogen (secondary N) is 1. The fourth-order valence-corrected chi connectivity index (χ4v) is 5.06. The molecule has 174 valence electrons. The summed E-state index contributed by atoms with van der Waals surface area (Å²) < 4.78 is 0. The van der Waals surface area contributed by atoms with Gasteiger partial charge in [-0.15, -0.1) is 0 Å². The fourth-order valence-electron chi connectivity index (χ4n) is 5.06. The van der Waals surface area contributed by atoms with Crippen LogP contribution in [0.3, 0.4) is 0 Å². The zero-order valence-corrected chi connectivity index (χ0v) is 19.1. The third-order valence-corrected chi connectivity index (χ3v) is 6.88. The van der Waals surface area contributed by atoms with Crippen molar-refractivity contribution in [2.75, 3.05) is 26.2 Å². The van der Waals surface area contributed by atoms with Crippen molar-refractivity contribution in [3.05, 3.63) is 69.1 Å². The van der Waals surface area contributed by atoms with Gasteiger partial charge < -0.3 is 15.3 Å². The first-order valence-corrected chi connectivity index (χ1v) is 11.8. The molecule has 0 aromatic heterocycles.